The summed E-state index contributed by atoms with van der Waals surface area (Å²) in [5.41, 5.74) is 3.30. The number of nitrogens with one attached hydrogen (secondary N) is 1. The summed E-state index contributed by atoms with van der Waals surface area (Å²) in [4.78, 5) is 4.32. The predicted octanol–water partition coefficient (Wildman–Crippen LogP) is 3.07. The van der Waals surface area contributed by atoms with Crippen LogP contribution in [0.25, 0.3) is 22.2 Å². The van der Waals surface area contributed by atoms with Gasteiger partial charge in [0.25, 0.3) is 0 Å². The number of hydrogen-bond acceptors (Lipinski definition) is 2. The first kappa shape index (κ1) is 9.96. The monoisotopic (exact) mass is 227 g/mol. The molecule has 3 nitrogen and oxygen atoms in total. The van der Waals surface area contributed by atoms with Gasteiger partial charge in [0, 0.05) is 22.8 Å². The van der Waals surface area contributed by atoms with E-state index < -0.39 is 0 Å². The summed E-state index contributed by atoms with van der Waals surface area (Å²) >= 11 is 0. The number of rotatable bonds is 1. The molecule has 1 aromatic carbocycles. The van der Waals surface area contributed by atoms with Crippen LogP contribution >= 0.6 is 0 Å². The standard InChI is InChI=1S/C13H10FN3/c1-8-12-11(17-16-8)5-6-15-13(12)9-3-2-4-10(14)7-9/h2-7H,1H3,(H,16,17). The minimum atomic E-state index is -0.262. The van der Waals surface area contributed by atoms with Crippen molar-refractivity contribution in [1.29, 1.82) is 0 Å². The predicted molar refractivity (Wildman–Crippen MR) is 64.0 cm³/mol. The van der Waals surface area contributed by atoms with Crippen LogP contribution in [0.15, 0.2) is 36.5 Å². The van der Waals surface area contributed by atoms with E-state index >= 15 is 0 Å². The van der Waals surface area contributed by atoms with Crippen LogP contribution in [0.3, 0.4) is 0 Å². The summed E-state index contributed by atoms with van der Waals surface area (Å²) in [6.07, 6.45) is 1.68. The van der Waals surface area contributed by atoms with Gasteiger partial charge in [-0.2, -0.15) is 5.10 Å². The summed E-state index contributed by atoms with van der Waals surface area (Å²) in [6.45, 7) is 1.93. The highest BCUT2D eigenvalue weighted by atomic mass is 19.1. The van der Waals surface area contributed by atoms with Crippen LogP contribution in [-0.2, 0) is 0 Å². The van der Waals surface area contributed by atoms with E-state index in [0.29, 0.717) is 0 Å². The fraction of sp³-hybridized carbons (Fsp3) is 0.0769. The fourth-order valence-corrected chi connectivity index (χ4v) is 1.97. The van der Waals surface area contributed by atoms with Gasteiger partial charge >= 0.3 is 0 Å². The van der Waals surface area contributed by atoms with Crippen LogP contribution in [0, 0.1) is 12.7 Å². The van der Waals surface area contributed by atoms with E-state index in [-0.39, 0.29) is 5.82 Å². The maximum atomic E-state index is 13.2. The topological polar surface area (TPSA) is 41.6 Å². The maximum absolute atomic E-state index is 13.2. The Morgan fingerprint density at radius 3 is 2.94 bits per heavy atom. The van der Waals surface area contributed by atoms with Crippen molar-refractivity contribution in [3.63, 3.8) is 0 Å². The molecule has 0 spiro atoms. The van der Waals surface area contributed by atoms with E-state index in [0.717, 1.165) is 27.9 Å². The Morgan fingerprint density at radius 1 is 1.24 bits per heavy atom. The number of pyridine rings is 1. The highest BCUT2D eigenvalue weighted by molar-refractivity contribution is 5.94. The first-order chi connectivity index (χ1) is 8.25. The first-order valence-corrected chi connectivity index (χ1v) is 5.31. The average molecular weight is 227 g/mol. The third kappa shape index (κ3) is 1.58. The van der Waals surface area contributed by atoms with E-state index in [1.54, 1.807) is 12.3 Å². The number of benzene rings is 1. The van der Waals surface area contributed by atoms with E-state index in [1.807, 2.05) is 19.1 Å². The van der Waals surface area contributed by atoms with Crippen LogP contribution in [0.4, 0.5) is 4.39 Å². The van der Waals surface area contributed by atoms with Crippen LogP contribution < -0.4 is 0 Å². The van der Waals surface area contributed by atoms with Crippen molar-refractivity contribution >= 4 is 10.9 Å². The van der Waals surface area contributed by atoms with Gasteiger partial charge in [0.2, 0.25) is 0 Å². The van der Waals surface area contributed by atoms with E-state index in [2.05, 4.69) is 15.2 Å². The zero-order valence-electron chi connectivity index (χ0n) is 9.24. The molecule has 2 heterocycles. The van der Waals surface area contributed by atoms with Gasteiger partial charge < -0.3 is 0 Å². The summed E-state index contributed by atoms with van der Waals surface area (Å²) in [5, 5.41) is 8.03. The Morgan fingerprint density at radius 2 is 2.12 bits per heavy atom. The Bertz CT molecular complexity index is 688. The molecule has 0 aliphatic rings. The van der Waals surface area contributed by atoms with Gasteiger partial charge in [0.05, 0.1) is 11.2 Å². The maximum Gasteiger partial charge on any atom is 0.123 e. The lowest BCUT2D eigenvalue weighted by molar-refractivity contribution is 0.628. The quantitative estimate of drug-likeness (QED) is 0.694. The highest BCUT2D eigenvalue weighted by Crippen LogP contribution is 2.27. The molecular formula is C13H10FN3. The minimum absolute atomic E-state index is 0.262. The molecule has 1 N–H and O–H groups in total. The number of aromatic nitrogens is 3. The lowest BCUT2D eigenvalue weighted by Crippen LogP contribution is -1.86. The number of fused-ring (bicyclic) bond motifs is 1. The highest BCUT2D eigenvalue weighted by Gasteiger charge is 2.10. The van der Waals surface area contributed by atoms with Crippen molar-refractivity contribution < 1.29 is 4.39 Å². The Balaban J connectivity index is 2.33. The van der Waals surface area contributed by atoms with Crippen molar-refractivity contribution in [2.24, 2.45) is 0 Å². The molecule has 4 heteroatoms. The van der Waals surface area contributed by atoms with Crippen LogP contribution in [0.5, 0.6) is 0 Å². The van der Waals surface area contributed by atoms with Gasteiger partial charge in [0.1, 0.15) is 5.82 Å². The normalized spacial score (nSPS) is 10.9. The molecule has 0 fully saturated rings. The second kappa shape index (κ2) is 3.66. The van der Waals surface area contributed by atoms with Gasteiger partial charge in [-0.05, 0) is 25.1 Å². The van der Waals surface area contributed by atoms with Gasteiger partial charge in [-0.3, -0.25) is 10.1 Å². The Kier molecular flexibility index (Phi) is 2.14. The van der Waals surface area contributed by atoms with Crippen LogP contribution in [-0.4, -0.2) is 15.2 Å². The molecule has 0 saturated carbocycles. The number of aryl methyl sites for hydroxylation is 1. The number of hydrogen-bond donors (Lipinski definition) is 1. The second-order valence-electron chi connectivity index (χ2n) is 3.91. The molecule has 84 valence electrons. The third-order valence-corrected chi connectivity index (χ3v) is 2.75. The number of aromatic amines is 1. The van der Waals surface area contributed by atoms with Crippen molar-refractivity contribution in [1.82, 2.24) is 15.2 Å². The van der Waals surface area contributed by atoms with Gasteiger partial charge in [-0.1, -0.05) is 12.1 Å². The molecule has 2 aromatic heterocycles. The van der Waals surface area contributed by atoms with Crippen molar-refractivity contribution in [2.75, 3.05) is 0 Å². The zero-order chi connectivity index (χ0) is 11.8. The average Bonchev–Trinajstić information content (AvgIpc) is 2.71. The number of nitrogens with zero attached hydrogens (tertiary/aromatic N) is 2. The molecule has 17 heavy (non-hydrogen) atoms. The molecule has 0 aliphatic carbocycles. The summed E-state index contributed by atoms with van der Waals surface area (Å²) in [6, 6.07) is 8.26. The number of halogens is 1. The lowest BCUT2D eigenvalue weighted by atomic mass is 10.1. The van der Waals surface area contributed by atoms with Crippen molar-refractivity contribution in [2.45, 2.75) is 6.92 Å². The Hall–Kier alpha value is -2.23. The smallest absolute Gasteiger partial charge is 0.123 e. The van der Waals surface area contributed by atoms with Crippen molar-refractivity contribution in [3.8, 4) is 11.3 Å². The molecule has 0 bridgehead atoms. The third-order valence-electron chi connectivity index (χ3n) is 2.75. The summed E-state index contributed by atoms with van der Waals surface area (Å²) in [7, 11) is 0. The zero-order valence-corrected chi connectivity index (χ0v) is 9.24. The molecule has 0 atom stereocenters. The van der Waals surface area contributed by atoms with Crippen molar-refractivity contribution in [3.05, 3.63) is 48.0 Å². The fourth-order valence-electron chi connectivity index (χ4n) is 1.97. The summed E-state index contributed by atoms with van der Waals surface area (Å²) in [5.74, 6) is -0.262. The largest absolute Gasteiger partial charge is 0.282 e. The van der Waals surface area contributed by atoms with Gasteiger partial charge in [-0.15, -0.1) is 0 Å². The molecule has 0 radical (unpaired) electrons. The van der Waals surface area contributed by atoms with E-state index in [9.17, 15) is 4.39 Å². The molecule has 3 aromatic rings. The van der Waals surface area contributed by atoms with E-state index in [1.165, 1.54) is 12.1 Å². The summed E-state index contributed by atoms with van der Waals surface area (Å²) < 4.78 is 13.2. The van der Waals surface area contributed by atoms with Crippen LogP contribution in [0.1, 0.15) is 5.69 Å². The lowest BCUT2D eigenvalue weighted by Gasteiger charge is -2.02. The van der Waals surface area contributed by atoms with E-state index in [4.69, 9.17) is 0 Å². The molecule has 0 unspecified atom stereocenters. The molecule has 0 saturated heterocycles. The second-order valence-corrected chi connectivity index (χ2v) is 3.91. The van der Waals surface area contributed by atoms with Gasteiger partial charge in [0.15, 0.2) is 0 Å². The molecule has 0 amide bonds. The minimum Gasteiger partial charge on any atom is -0.282 e. The SMILES string of the molecule is Cc1[nH]nc2ccnc(-c3cccc(F)c3)c12. The first-order valence-electron chi connectivity index (χ1n) is 5.31. The van der Waals surface area contributed by atoms with Gasteiger partial charge in [-0.25, -0.2) is 4.39 Å². The van der Waals surface area contributed by atoms with Crippen LogP contribution in [0.2, 0.25) is 0 Å². The molecular weight excluding hydrogens is 217 g/mol. The Labute approximate surface area is 97.3 Å². The number of H-pyrrole nitrogens is 1. The molecule has 0 aliphatic heterocycles. The molecule has 3 rings (SSSR count).